The highest BCUT2D eigenvalue weighted by atomic mass is 19.1. The average Bonchev–Trinajstić information content (AvgIpc) is 3.04. The lowest BCUT2D eigenvalue weighted by Crippen LogP contribution is -2.44. The Morgan fingerprint density at radius 3 is 2.81 bits per heavy atom. The molecular weight excluding hydrogens is 347 g/mol. The number of aryl methyl sites for hydroxylation is 1. The minimum absolute atomic E-state index is 0.0277. The maximum absolute atomic E-state index is 13.1. The third kappa shape index (κ3) is 4.27. The lowest BCUT2D eigenvalue weighted by Gasteiger charge is -2.27. The Morgan fingerprint density at radius 1 is 1.11 bits per heavy atom. The number of nitrogens with zero attached hydrogens (tertiary/aromatic N) is 5. The van der Waals surface area contributed by atoms with Crippen LogP contribution in [0.2, 0.25) is 0 Å². The average molecular weight is 372 g/mol. The standard InChI is InChI=1S/C19H25FN6O/c20-16-6-4-15(5-7-16)13-24-8-2-9-25(12-11-24)19(27)23-17-3-1-10-26-18(17)21-14-22-26/h4-7,14,17H,1-3,8-13H2,(H,23,27). The molecule has 2 aliphatic heterocycles. The van der Waals surface area contributed by atoms with E-state index in [1.54, 1.807) is 6.33 Å². The zero-order chi connectivity index (χ0) is 18.6. The van der Waals surface area contributed by atoms with E-state index in [4.69, 9.17) is 0 Å². The van der Waals surface area contributed by atoms with Crippen LogP contribution in [0.15, 0.2) is 30.6 Å². The Balaban J connectivity index is 1.31. The second-order valence-electron chi connectivity index (χ2n) is 7.23. The van der Waals surface area contributed by atoms with E-state index in [0.29, 0.717) is 6.54 Å². The molecule has 144 valence electrons. The lowest BCUT2D eigenvalue weighted by molar-refractivity contribution is 0.190. The summed E-state index contributed by atoms with van der Waals surface area (Å²) in [6, 6.07) is 6.55. The van der Waals surface area contributed by atoms with Crippen molar-refractivity contribution in [1.29, 1.82) is 0 Å². The predicted octanol–water partition coefficient (Wildman–Crippen LogP) is 2.17. The molecule has 0 saturated carbocycles. The first-order chi connectivity index (χ1) is 13.2. The fourth-order valence-electron chi connectivity index (χ4n) is 3.85. The second-order valence-corrected chi connectivity index (χ2v) is 7.23. The summed E-state index contributed by atoms with van der Waals surface area (Å²) in [6.45, 7) is 4.81. The van der Waals surface area contributed by atoms with Gasteiger partial charge in [0.05, 0.1) is 6.04 Å². The zero-order valence-corrected chi connectivity index (χ0v) is 15.4. The second kappa shape index (κ2) is 8.04. The SMILES string of the molecule is O=C(NC1CCCn2ncnc21)N1CCCN(Cc2ccc(F)cc2)CC1. The Kier molecular flexibility index (Phi) is 5.33. The summed E-state index contributed by atoms with van der Waals surface area (Å²) < 4.78 is 14.9. The number of carbonyl (C=O) groups is 1. The van der Waals surface area contributed by atoms with Gasteiger partial charge in [0.15, 0.2) is 0 Å². The number of hydrogen-bond acceptors (Lipinski definition) is 4. The van der Waals surface area contributed by atoms with Gasteiger partial charge in [-0.15, -0.1) is 0 Å². The third-order valence-corrected chi connectivity index (χ3v) is 5.31. The van der Waals surface area contributed by atoms with Crippen molar-refractivity contribution in [1.82, 2.24) is 29.9 Å². The van der Waals surface area contributed by atoms with Crippen LogP contribution in [0.4, 0.5) is 9.18 Å². The lowest BCUT2D eigenvalue weighted by atomic mass is 10.1. The molecule has 3 heterocycles. The minimum Gasteiger partial charge on any atom is -0.328 e. The normalized spacial score (nSPS) is 20.8. The Hall–Kier alpha value is -2.48. The number of carbonyl (C=O) groups excluding carboxylic acids is 1. The summed E-state index contributed by atoms with van der Waals surface area (Å²) >= 11 is 0. The van der Waals surface area contributed by atoms with Crippen LogP contribution >= 0.6 is 0 Å². The molecule has 1 aromatic carbocycles. The smallest absolute Gasteiger partial charge is 0.318 e. The number of fused-ring (bicyclic) bond motifs is 1. The van der Waals surface area contributed by atoms with Crippen LogP contribution in [-0.4, -0.2) is 56.8 Å². The third-order valence-electron chi connectivity index (χ3n) is 5.31. The van der Waals surface area contributed by atoms with Gasteiger partial charge in [0, 0.05) is 39.3 Å². The molecule has 0 spiro atoms. The molecule has 1 fully saturated rings. The maximum atomic E-state index is 13.1. The number of hydrogen-bond donors (Lipinski definition) is 1. The summed E-state index contributed by atoms with van der Waals surface area (Å²) in [5.74, 6) is 0.637. The molecule has 2 aliphatic rings. The number of urea groups is 1. The van der Waals surface area contributed by atoms with Crippen LogP contribution in [0.1, 0.15) is 36.7 Å². The van der Waals surface area contributed by atoms with Crippen molar-refractivity contribution in [2.24, 2.45) is 0 Å². The molecule has 2 amide bonds. The van der Waals surface area contributed by atoms with Gasteiger partial charge >= 0.3 is 6.03 Å². The molecule has 4 rings (SSSR count). The monoisotopic (exact) mass is 372 g/mol. The molecule has 2 aromatic rings. The van der Waals surface area contributed by atoms with Gasteiger partial charge in [-0.2, -0.15) is 5.10 Å². The van der Waals surface area contributed by atoms with E-state index >= 15 is 0 Å². The van der Waals surface area contributed by atoms with Gasteiger partial charge in [0.1, 0.15) is 18.0 Å². The summed E-state index contributed by atoms with van der Waals surface area (Å²) in [5, 5.41) is 7.34. The van der Waals surface area contributed by atoms with Crippen molar-refractivity contribution < 1.29 is 9.18 Å². The Morgan fingerprint density at radius 2 is 1.96 bits per heavy atom. The fraction of sp³-hybridized carbons (Fsp3) is 0.526. The summed E-state index contributed by atoms with van der Waals surface area (Å²) in [4.78, 5) is 21.3. The van der Waals surface area contributed by atoms with Crippen molar-refractivity contribution in [2.75, 3.05) is 26.2 Å². The summed E-state index contributed by atoms with van der Waals surface area (Å²) in [7, 11) is 0. The first-order valence-electron chi connectivity index (χ1n) is 9.59. The topological polar surface area (TPSA) is 66.3 Å². The highest BCUT2D eigenvalue weighted by Crippen LogP contribution is 2.22. The Bertz CT molecular complexity index is 777. The molecule has 1 N–H and O–H groups in total. The van der Waals surface area contributed by atoms with Crippen molar-refractivity contribution in [3.63, 3.8) is 0 Å². The first-order valence-corrected chi connectivity index (χ1v) is 9.59. The number of amides is 2. The largest absolute Gasteiger partial charge is 0.328 e. The quantitative estimate of drug-likeness (QED) is 0.897. The van der Waals surface area contributed by atoms with E-state index in [1.165, 1.54) is 12.1 Å². The molecule has 1 atom stereocenters. The number of aromatic nitrogens is 3. The van der Waals surface area contributed by atoms with Gasteiger partial charge in [-0.25, -0.2) is 18.9 Å². The van der Waals surface area contributed by atoms with Crippen molar-refractivity contribution in [3.8, 4) is 0 Å². The Labute approximate surface area is 158 Å². The number of rotatable bonds is 3. The molecular formula is C19H25FN6O. The van der Waals surface area contributed by atoms with Crippen LogP contribution in [0.3, 0.4) is 0 Å². The van der Waals surface area contributed by atoms with Gasteiger partial charge in [0.25, 0.3) is 0 Å². The van der Waals surface area contributed by atoms with Gasteiger partial charge in [-0.3, -0.25) is 4.90 Å². The van der Waals surface area contributed by atoms with Gasteiger partial charge in [0.2, 0.25) is 0 Å². The van der Waals surface area contributed by atoms with E-state index in [-0.39, 0.29) is 17.9 Å². The predicted molar refractivity (Wildman–Crippen MR) is 98.4 cm³/mol. The molecule has 0 radical (unpaired) electrons. The summed E-state index contributed by atoms with van der Waals surface area (Å²) in [6.07, 6.45) is 4.37. The van der Waals surface area contributed by atoms with Crippen LogP contribution < -0.4 is 5.32 Å². The zero-order valence-electron chi connectivity index (χ0n) is 15.4. The number of benzene rings is 1. The van der Waals surface area contributed by atoms with Crippen molar-refractivity contribution in [3.05, 3.63) is 47.8 Å². The summed E-state index contributed by atoms with van der Waals surface area (Å²) in [5.41, 5.74) is 1.09. The van der Waals surface area contributed by atoms with Gasteiger partial charge in [-0.05, 0) is 37.0 Å². The van der Waals surface area contributed by atoms with E-state index in [2.05, 4.69) is 20.3 Å². The molecule has 0 bridgehead atoms. The molecule has 0 aliphatic carbocycles. The number of nitrogens with one attached hydrogen (secondary N) is 1. The molecule has 7 nitrogen and oxygen atoms in total. The van der Waals surface area contributed by atoms with E-state index in [9.17, 15) is 9.18 Å². The van der Waals surface area contributed by atoms with Gasteiger partial charge in [-0.1, -0.05) is 12.1 Å². The van der Waals surface area contributed by atoms with Crippen molar-refractivity contribution >= 4 is 6.03 Å². The van der Waals surface area contributed by atoms with Crippen LogP contribution in [0.5, 0.6) is 0 Å². The van der Waals surface area contributed by atoms with Crippen LogP contribution in [0.25, 0.3) is 0 Å². The van der Waals surface area contributed by atoms with Gasteiger partial charge < -0.3 is 10.2 Å². The number of halogens is 1. The molecule has 27 heavy (non-hydrogen) atoms. The minimum atomic E-state index is -0.212. The van der Waals surface area contributed by atoms with E-state index in [0.717, 1.165) is 63.4 Å². The van der Waals surface area contributed by atoms with E-state index < -0.39 is 0 Å². The van der Waals surface area contributed by atoms with Crippen molar-refractivity contribution in [2.45, 2.75) is 38.4 Å². The van der Waals surface area contributed by atoms with Crippen LogP contribution in [0, 0.1) is 5.82 Å². The molecule has 8 heteroatoms. The van der Waals surface area contributed by atoms with E-state index in [1.807, 2.05) is 21.7 Å². The highest BCUT2D eigenvalue weighted by Gasteiger charge is 2.27. The highest BCUT2D eigenvalue weighted by molar-refractivity contribution is 5.74. The fourth-order valence-corrected chi connectivity index (χ4v) is 3.85. The van der Waals surface area contributed by atoms with Crippen LogP contribution in [-0.2, 0) is 13.1 Å². The molecule has 1 aromatic heterocycles. The molecule has 1 saturated heterocycles. The maximum Gasteiger partial charge on any atom is 0.318 e. The first kappa shape index (κ1) is 17.9. The molecule has 1 unspecified atom stereocenters.